The molecular formula is C13H20N2O2. The summed E-state index contributed by atoms with van der Waals surface area (Å²) in [5.41, 5.74) is 1.08. The monoisotopic (exact) mass is 236 g/mol. The fourth-order valence-corrected chi connectivity index (χ4v) is 2.34. The lowest BCUT2D eigenvalue weighted by Crippen LogP contribution is -2.32. The topological polar surface area (TPSA) is 55.7 Å². The van der Waals surface area contributed by atoms with Gasteiger partial charge in [0.1, 0.15) is 5.75 Å². The first-order valence-corrected chi connectivity index (χ1v) is 6.05. The maximum absolute atomic E-state index is 9.50. The SMILES string of the molecule is CN[C@H](CN1CC[C@H](O)C1)c1cccc(O)c1. The minimum atomic E-state index is -0.184. The van der Waals surface area contributed by atoms with Crippen LogP contribution < -0.4 is 5.32 Å². The highest BCUT2D eigenvalue weighted by Gasteiger charge is 2.23. The average Bonchev–Trinajstić information content (AvgIpc) is 2.72. The minimum Gasteiger partial charge on any atom is -0.508 e. The van der Waals surface area contributed by atoms with Crippen LogP contribution in [0, 0.1) is 0 Å². The fraction of sp³-hybridized carbons (Fsp3) is 0.538. The molecule has 0 aromatic heterocycles. The lowest BCUT2D eigenvalue weighted by atomic mass is 10.1. The molecule has 0 radical (unpaired) electrons. The first-order chi connectivity index (χ1) is 8.19. The van der Waals surface area contributed by atoms with Gasteiger partial charge in [-0.25, -0.2) is 0 Å². The fourth-order valence-electron chi connectivity index (χ4n) is 2.34. The zero-order chi connectivity index (χ0) is 12.3. The summed E-state index contributed by atoms with van der Waals surface area (Å²) < 4.78 is 0. The van der Waals surface area contributed by atoms with E-state index in [0.717, 1.165) is 31.6 Å². The molecule has 0 saturated carbocycles. The molecule has 2 atom stereocenters. The van der Waals surface area contributed by atoms with E-state index in [1.807, 2.05) is 19.2 Å². The third-order valence-corrected chi connectivity index (χ3v) is 3.31. The molecule has 4 nitrogen and oxygen atoms in total. The van der Waals surface area contributed by atoms with Crippen LogP contribution in [-0.4, -0.2) is 47.9 Å². The number of β-amino-alcohol motifs (C(OH)–C–C–N with tert-alkyl or cyclic N) is 1. The summed E-state index contributed by atoms with van der Waals surface area (Å²) in [6.07, 6.45) is 0.674. The molecule has 0 bridgehead atoms. The van der Waals surface area contributed by atoms with Crippen LogP contribution >= 0.6 is 0 Å². The molecule has 1 aliphatic heterocycles. The lowest BCUT2D eigenvalue weighted by Gasteiger charge is -2.23. The van der Waals surface area contributed by atoms with Crippen molar-refractivity contribution in [3.63, 3.8) is 0 Å². The molecule has 17 heavy (non-hydrogen) atoms. The van der Waals surface area contributed by atoms with Crippen molar-refractivity contribution in [3.05, 3.63) is 29.8 Å². The smallest absolute Gasteiger partial charge is 0.115 e. The Hall–Kier alpha value is -1.10. The van der Waals surface area contributed by atoms with E-state index in [2.05, 4.69) is 10.2 Å². The van der Waals surface area contributed by atoms with Crippen LogP contribution in [0.15, 0.2) is 24.3 Å². The predicted octanol–water partition coefficient (Wildman–Crippen LogP) is 0.719. The van der Waals surface area contributed by atoms with Gasteiger partial charge in [-0.3, -0.25) is 4.90 Å². The van der Waals surface area contributed by atoms with Gasteiger partial charge in [0.25, 0.3) is 0 Å². The Morgan fingerprint density at radius 1 is 1.53 bits per heavy atom. The Balaban J connectivity index is 2.01. The Bertz CT molecular complexity index is 370. The van der Waals surface area contributed by atoms with Crippen molar-refractivity contribution in [1.82, 2.24) is 10.2 Å². The van der Waals surface area contributed by atoms with E-state index < -0.39 is 0 Å². The summed E-state index contributed by atoms with van der Waals surface area (Å²) in [4.78, 5) is 2.25. The Kier molecular flexibility index (Phi) is 3.99. The van der Waals surface area contributed by atoms with Gasteiger partial charge in [-0.1, -0.05) is 12.1 Å². The van der Waals surface area contributed by atoms with E-state index in [1.165, 1.54) is 0 Å². The highest BCUT2D eigenvalue weighted by Crippen LogP contribution is 2.20. The van der Waals surface area contributed by atoms with Gasteiger partial charge in [-0.15, -0.1) is 0 Å². The van der Waals surface area contributed by atoms with Crippen molar-refractivity contribution in [2.75, 3.05) is 26.7 Å². The number of phenolic OH excluding ortho intramolecular Hbond substituents is 1. The number of hydrogen-bond donors (Lipinski definition) is 3. The Morgan fingerprint density at radius 3 is 2.94 bits per heavy atom. The molecule has 1 heterocycles. The Labute approximate surface area is 102 Å². The molecule has 3 N–H and O–H groups in total. The second-order valence-electron chi connectivity index (χ2n) is 4.64. The largest absolute Gasteiger partial charge is 0.508 e. The highest BCUT2D eigenvalue weighted by molar-refractivity contribution is 5.29. The number of likely N-dealkylation sites (tertiary alicyclic amines) is 1. The first kappa shape index (κ1) is 12.4. The summed E-state index contributed by atoms with van der Waals surface area (Å²) in [5.74, 6) is 0.296. The summed E-state index contributed by atoms with van der Waals surface area (Å²) in [6.45, 7) is 2.55. The van der Waals surface area contributed by atoms with E-state index in [-0.39, 0.29) is 12.1 Å². The molecule has 1 fully saturated rings. The number of nitrogens with zero attached hydrogens (tertiary/aromatic N) is 1. The number of aliphatic hydroxyl groups is 1. The number of phenols is 1. The van der Waals surface area contributed by atoms with Crippen LogP contribution in [0.25, 0.3) is 0 Å². The van der Waals surface area contributed by atoms with Gasteiger partial charge < -0.3 is 15.5 Å². The molecule has 0 unspecified atom stereocenters. The number of benzene rings is 1. The number of likely N-dealkylation sites (N-methyl/N-ethyl adjacent to an activating group) is 1. The standard InChI is InChI=1S/C13H20N2O2/c1-14-13(9-15-6-5-12(17)8-15)10-3-2-4-11(16)7-10/h2-4,7,12-14,16-17H,5-6,8-9H2,1H3/t12-,13+/m0/s1. The minimum absolute atomic E-state index is 0.184. The third-order valence-electron chi connectivity index (χ3n) is 3.31. The highest BCUT2D eigenvalue weighted by atomic mass is 16.3. The van der Waals surface area contributed by atoms with E-state index in [4.69, 9.17) is 0 Å². The zero-order valence-electron chi connectivity index (χ0n) is 10.1. The van der Waals surface area contributed by atoms with Crippen molar-refractivity contribution in [3.8, 4) is 5.75 Å². The number of hydrogen-bond acceptors (Lipinski definition) is 4. The molecule has 2 rings (SSSR count). The summed E-state index contributed by atoms with van der Waals surface area (Å²) in [7, 11) is 1.92. The molecule has 0 spiro atoms. The van der Waals surface area contributed by atoms with Crippen molar-refractivity contribution >= 4 is 0 Å². The first-order valence-electron chi connectivity index (χ1n) is 6.05. The van der Waals surface area contributed by atoms with Gasteiger partial charge in [0.15, 0.2) is 0 Å². The van der Waals surface area contributed by atoms with Crippen LogP contribution in [0.5, 0.6) is 5.75 Å². The van der Waals surface area contributed by atoms with Gasteiger partial charge in [-0.2, -0.15) is 0 Å². The molecule has 0 aliphatic carbocycles. The molecule has 1 aromatic carbocycles. The summed E-state index contributed by atoms with van der Waals surface area (Å²) >= 11 is 0. The van der Waals surface area contributed by atoms with Gasteiger partial charge in [0.05, 0.1) is 6.10 Å². The van der Waals surface area contributed by atoms with E-state index >= 15 is 0 Å². The zero-order valence-corrected chi connectivity index (χ0v) is 10.1. The summed E-state index contributed by atoms with van der Waals surface area (Å²) in [6, 6.07) is 7.51. The quantitative estimate of drug-likeness (QED) is 0.721. The molecule has 1 aliphatic rings. The second-order valence-corrected chi connectivity index (χ2v) is 4.64. The molecule has 4 heteroatoms. The number of rotatable bonds is 4. The summed E-state index contributed by atoms with van der Waals surface area (Å²) in [5, 5.41) is 22.2. The van der Waals surface area contributed by atoms with Crippen LogP contribution in [0.1, 0.15) is 18.0 Å². The van der Waals surface area contributed by atoms with Crippen LogP contribution in [-0.2, 0) is 0 Å². The van der Waals surface area contributed by atoms with Gasteiger partial charge in [0, 0.05) is 25.7 Å². The molecule has 0 amide bonds. The maximum Gasteiger partial charge on any atom is 0.115 e. The average molecular weight is 236 g/mol. The number of aliphatic hydroxyl groups excluding tert-OH is 1. The van der Waals surface area contributed by atoms with Gasteiger partial charge in [-0.05, 0) is 31.2 Å². The third kappa shape index (κ3) is 3.19. The number of nitrogens with one attached hydrogen (secondary N) is 1. The molecule has 94 valence electrons. The van der Waals surface area contributed by atoms with E-state index in [9.17, 15) is 10.2 Å². The van der Waals surface area contributed by atoms with Crippen LogP contribution in [0.2, 0.25) is 0 Å². The van der Waals surface area contributed by atoms with E-state index in [1.54, 1.807) is 12.1 Å². The van der Waals surface area contributed by atoms with Gasteiger partial charge >= 0.3 is 0 Å². The second kappa shape index (κ2) is 5.49. The molecule has 1 saturated heterocycles. The Morgan fingerprint density at radius 2 is 2.35 bits per heavy atom. The van der Waals surface area contributed by atoms with Crippen molar-refractivity contribution < 1.29 is 10.2 Å². The predicted molar refractivity (Wildman–Crippen MR) is 67.0 cm³/mol. The number of aromatic hydroxyl groups is 1. The van der Waals surface area contributed by atoms with Crippen molar-refractivity contribution in [1.29, 1.82) is 0 Å². The molecule has 1 aromatic rings. The van der Waals surface area contributed by atoms with Crippen molar-refractivity contribution in [2.45, 2.75) is 18.6 Å². The lowest BCUT2D eigenvalue weighted by molar-refractivity contribution is 0.173. The normalized spacial score (nSPS) is 22.8. The van der Waals surface area contributed by atoms with E-state index in [0.29, 0.717) is 5.75 Å². The van der Waals surface area contributed by atoms with Crippen LogP contribution in [0.4, 0.5) is 0 Å². The van der Waals surface area contributed by atoms with Gasteiger partial charge in [0.2, 0.25) is 0 Å². The maximum atomic E-state index is 9.50. The van der Waals surface area contributed by atoms with Crippen molar-refractivity contribution in [2.24, 2.45) is 0 Å². The molecular weight excluding hydrogens is 216 g/mol. The van der Waals surface area contributed by atoms with Crippen LogP contribution in [0.3, 0.4) is 0 Å².